The first kappa shape index (κ1) is 16.0. The molecule has 0 bridgehead atoms. The van der Waals surface area contributed by atoms with E-state index in [0.717, 1.165) is 5.92 Å². The number of carbonyl (C=O) groups excluding carboxylic acids is 1. The van der Waals surface area contributed by atoms with Crippen molar-refractivity contribution < 1.29 is 4.79 Å². The molecular weight excluding hydrogens is 260 g/mol. The number of amides is 1. The van der Waals surface area contributed by atoms with Crippen molar-refractivity contribution >= 4 is 5.91 Å². The second-order valence-corrected chi connectivity index (χ2v) is 6.59. The van der Waals surface area contributed by atoms with E-state index in [1.54, 1.807) is 0 Å². The first-order chi connectivity index (χ1) is 9.99. The SMILES string of the molecule is CC(C1CC1)N(C)CC(=O)N(Cc1ccccc1)C(C)C. The van der Waals surface area contributed by atoms with E-state index in [2.05, 4.69) is 44.9 Å². The fraction of sp³-hybridized carbons (Fsp3) is 0.611. The van der Waals surface area contributed by atoms with Crippen LogP contribution in [0, 0.1) is 5.92 Å². The third-order valence-corrected chi connectivity index (χ3v) is 4.52. The lowest BCUT2D eigenvalue weighted by atomic mass is 10.1. The summed E-state index contributed by atoms with van der Waals surface area (Å²) in [6.07, 6.45) is 2.63. The molecule has 116 valence electrons. The van der Waals surface area contributed by atoms with Gasteiger partial charge in [-0.15, -0.1) is 0 Å². The summed E-state index contributed by atoms with van der Waals surface area (Å²) in [5, 5.41) is 0. The lowest BCUT2D eigenvalue weighted by Crippen LogP contribution is -2.44. The summed E-state index contributed by atoms with van der Waals surface area (Å²) in [6.45, 7) is 7.63. The smallest absolute Gasteiger partial charge is 0.237 e. The molecule has 1 aromatic rings. The van der Waals surface area contributed by atoms with Gasteiger partial charge in [0.15, 0.2) is 0 Å². The highest BCUT2D eigenvalue weighted by molar-refractivity contribution is 5.78. The maximum atomic E-state index is 12.6. The average molecular weight is 288 g/mol. The van der Waals surface area contributed by atoms with E-state index in [0.29, 0.717) is 19.1 Å². The van der Waals surface area contributed by atoms with Crippen LogP contribution in [-0.4, -0.2) is 41.4 Å². The summed E-state index contributed by atoms with van der Waals surface area (Å²) in [5.74, 6) is 1.02. The molecule has 0 aliphatic heterocycles. The number of carbonyl (C=O) groups is 1. The molecule has 3 heteroatoms. The van der Waals surface area contributed by atoms with Gasteiger partial charge in [-0.2, -0.15) is 0 Å². The fourth-order valence-corrected chi connectivity index (χ4v) is 2.73. The molecule has 0 N–H and O–H groups in total. The van der Waals surface area contributed by atoms with Crippen LogP contribution in [0.3, 0.4) is 0 Å². The Morgan fingerprint density at radius 2 is 1.81 bits per heavy atom. The second kappa shape index (κ2) is 7.08. The lowest BCUT2D eigenvalue weighted by molar-refractivity contribution is -0.135. The fourth-order valence-electron chi connectivity index (χ4n) is 2.73. The highest BCUT2D eigenvalue weighted by Gasteiger charge is 2.31. The van der Waals surface area contributed by atoms with Gasteiger partial charge in [0.2, 0.25) is 5.91 Å². The molecule has 1 aromatic carbocycles. The molecule has 1 unspecified atom stereocenters. The molecule has 0 radical (unpaired) electrons. The Hall–Kier alpha value is -1.35. The molecule has 1 aliphatic carbocycles. The molecule has 21 heavy (non-hydrogen) atoms. The first-order valence-electron chi connectivity index (χ1n) is 8.02. The van der Waals surface area contributed by atoms with Gasteiger partial charge < -0.3 is 4.90 Å². The van der Waals surface area contributed by atoms with Crippen LogP contribution >= 0.6 is 0 Å². The number of benzene rings is 1. The van der Waals surface area contributed by atoms with E-state index in [4.69, 9.17) is 0 Å². The van der Waals surface area contributed by atoms with Crippen molar-refractivity contribution in [3.63, 3.8) is 0 Å². The van der Waals surface area contributed by atoms with E-state index >= 15 is 0 Å². The Morgan fingerprint density at radius 1 is 1.19 bits per heavy atom. The van der Waals surface area contributed by atoms with Crippen LogP contribution in [0.5, 0.6) is 0 Å². The van der Waals surface area contributed by atoms with Gasteiger partial charge in [0, 0.05) is 18.6 Å². The minimum absolute atomic E-state index is 0.224. The predicted molar refractivity (Wildman–Crippen MR) is 86.9 cm³/mol. The summed E-state index contributed by atoms with van der Waals surface area (Å²) in [6, 6.07) is 11.0. The van der Waals surface area contributed by atoms with Crippen LogP contribution < -0.4 is 0 Å². The van der Waals surface area contributed by atoms with E-state index in [-0.39, 0.29) is 11.9 Å². The Balaban J connectivity index is 1.95. The zero-order valence-corrected chi connectivity index (χ0v) is 13.7. The van der Waals surface area contributed by atoms with E-state index < -0.39 is 0 Å². The Bertz CT molecular complexity index is 454. The van der Waals surface area contributed by atoms with Crippen molar-refractivity contribution in [2.24, 2.45) is 5.92 Å². The van der Waals surface area contributed by atoms with Gasteiger partial charge in [-0.1, -0.05) is 30.3 Å². The summed E-state index contributed by atoms with van der Waals surface area (Å²) in [5.41, 5.74) is 1.19. The van der Waals surface area contributed by atoms with Crippen LogP contribution in [0.15, 0.2) is 30.3 Å². The van der Waals surface area contributed by atoms with Crippen LogP contribution in [0.25, 0.3) is 0 Å². The van der Waals surface area contributed by atoms with Gasteiger partial charge in [0.1, 0.15) is 0 Å². The normalized spacial score (nSPS) is 16.3. The van der Waals surface area contributed by atoms with E-state index in [9.17, 15) is 4.79 Å². The van der Waals surface area contributed by atoms with Crippen molar-refractivity contribution in [2.75, 3.05) is 13.6 Å². The number of nitrogens with zero attached hydrogens (tertiary/aromatic N) is 2. The molecule has 1 aliphatic rings. The third-order valence-electron chi connectivity index (χ3n) is 4.52. The number of rotatable bonds is 7. The van der Waals surface area contributed by atoms with Gasteiger partial charge in [-0.25, -0.2) is 0 Å². The summed E-state index contributed by atoms with van der Waals surface area (Å²) >= 11 is 0. The molecule has 0 saturated heterocycles. The maximum absolute atomic E-state index is 12.6. The summed E-state index contributed by atoms with van der Waals surface area (Å²) in [4.78, 5) is 16.8. The first-order valence-corrected chi connectivity index (χ1v) is 8.02. The molecule has 2 rings (SSSR count). The Morgan fingerprint density at radius 3 is 2.33 bits per heavy atom. The number of hydrogen-bond donors (Lipinski definition) is 0. The summed E-state index contributed by atoms with van der Waals surface area (Å²) < 4.78 is 0. The van der Waals surface area contributed by atoms with Crippen LogP contribution in [0.1, 0.15) is 39.2 Å². The molecular formula is C18H28N2O. The quantitative estimate of drug-likeness (QED) is 0.769. The molecule has 1 saturated carbocycles. The minimum atomic E-state index is 0.224. The molecule has 1 atom stereocenters. The van der Waals surface area contributed by atoms with E-state index in [1.165, 1.54) is 18.4 Å². The largest absolute Gasteiger partial charge is 0.335 e. The molecule has 0 aromatic heterocycles. The van der Waals surface area contributed by atoms with Crippen LogP contribution in [-0.2, 0) is 11.3 Å². The summed E-state index contributed by atoms with van der Waals surface area (Å²) in [7, 11) is 2.07. The lowest BCUT2D eigenvalue weighted by Gasteiger charge is -2.31. The maximum Gasteiger partial charge on any atom is 0.237 e. The Kier molecular flexibility index (Phi) is 5.40. The second-order valence-electron chi connectivity index (χ2n) is 6.59. The van der Waals surface area contributed by atoms with Gasteiger partial charge in [0.05, 0.1) is 6.54 Å². The van der Waals surface area contributed by atoms with Crippen molar-refractivity contribution in [3.8, 4) is 0 Å². The van der Waals surface area contributed by atoms with Crippen LogP contribution in [0.4, 0.5) is 0 Å². The van der Waals surface area contributed by atoms with Gasteiger partial charge in [-0.3, -0.25) is 9.69 Å². The van der Waals surface area contributed by atoms with Crippen molar-refractivity contribution in [1.29, 1.82) is 0 Å². The number of likely N-dealkylation sites (N-methyl/N-ethyl adjacent to an activating group) is 1. The van der Waals surface area contributed by atoms with Gasteiger partial charge in [-0.05, 0) is 52.1 Å². The predicted octanol–water partition coefficient (Wildman–Crippen LogP) is 3.15. The number of hydrogen-bond acceptors (Lipinski definition) is 2. The molecule has 1 fully saturated rings. The minimum Gasteiger partial charge on any atom is -0.335 e. The molecule has 0 spiro atoms. The third kappa shape index (κ3) is 4.57. The van der Waals surface area contributed by atoms with E-state index in [1.807, 2.05) is 23.1 Å². The topological polar surface area (TPSA) is 23.6 Å². The highest BCUT2D eigenvalue weighted by Crippen LogP contribution is 2.34. The van der Waals surface area contributed by atoms with Crippen molar-refractivity contribution in [1.82, 2.24) is 9.80 Å². The molecule has 0 heterocycles. The van der Waals surface area contributed by atoms with Crippen molar-refractivity contribution in [3.05, 3.63) is 35.9 Å². The Labute approximate surface area is 128 Å². The zero-order chi connectivity index (χ0) is 15.4. The monoisotopic (exact) mass is 288 g/mol. The van der Waals surface area contributed by atoms with Crippen molar-refractivity contribution in [2.45, 2.75) is 52.2 Å². The van der Waals surface area contributed by atoms with Crippen LogP contribution in [0.2, 0.25) is 0 Å². The highest BCUT2D eigenvalue weighted by atomic mass is 16.2. The average Bonchev–Trinajstić information content (AvgIpc) is 3.29. The molecule has 3 nitrogen and oxygen atoms in total. The zero-order valence-electron chi connectivity index (χ0n) is 13.7. The standard InChI is InChI=1S/C18H28N2O/c1-14(2)20(12-16-8-6-5-7-9-16)18(21)13-19(4)15(3)17-10-11-17/h5-9,14-15,17H,10-13H2,1-4H3. The molecule has 1 amide bonds. The van der Waals surface area contributed by atoms with Gasteiger partial charge in [0.25, 0.3) is 0 Å². The van der Waals surface area contributed by atoms with Gasteiger partial charge >= 0.3 is 0 Å².